The van der Waals surface area contributed by atoms with Gasteiger partial charge >= 0.3 is 5.97 Å². The summed E-state index contributed by atoms with van der Waals surface area (Å²) in [7, 11) is 0. The van der Waals surface area contributed by atoms with Crippen LogP contribution in [0.5, 0.6) is 0 Å². The van der Waals surface area contributed by atoms with Gasteiger partial charge in [-0.2, -0.15) is 5.10 Å². The highest BCUT2D eigenvalue weighted by Gasteiger charge is 2.11. The fourth-order valence-electron chi connectivity index (χ4n) is 3.00. The molecule has 0 atom stereocenters. The predicted molar refractivity (Wildman–Crippen MR) is 114 cm³/mol. The molecule has 0 saturated carbocycles. The highest BCUT2D eigenvalue weighted by molar-refractivity contribution is 5.88. The van der Waals surface area contributed by atoms with Crippen molar-refractivity contribution in [3.05, 3.63) is 114 Å². The van der Waals surface area contributed by atoms with Gasteiger partial charge in [0.2, 0.25) is 0 Å². The zero-order chi connectivity index (χ0) is 21.6. The number of carbonyl (C=O) groups excluding carboxylic acids is 1. The largest absolute Gasteiger partial charge is 0.458 e. The Bertz CT molecular complexity index is 1200. The van der Waals surface area contributed by atoms with Gasteiger partial charge in [-0.25, -0.2) is 18.3 Å². The number of rotatable bonds is 6. The van der Waals surface area contributed by atoms with Crippen LogP contribution in [-0.4, -0.2) is 15.7 Å². The van der Waals surface area contributed by atoms with Gasteiger partial charge < -0.3 is 4.74 Å². The van der Waals surface area contributed by atoms with E-state index in [9.17, 15) is 13.6 Å². The zero-order valence-electron chi connectivity index (χ0n) is 16.4. The van der Waals surface area contributed by atoms with Crippen molar-refractivity contribution in [2.24, 2.45) is 0 Å². The van der Waals surface area contributed by atoms with Crippen LogP contribution in [0.1, 0.15) is 11.1 Å². The lowest BCUT2D eigenvalue weighted by molar-refractivity contribution is -0.138. The van der Waals surface area contributed by atoms with Gasteiger partial charge in [-0.15, -0.1) is 0 Å². The molecule has 6 heteroatoms. The van der Waals surface area contributed by atoms with Crippen molar-refractivity contribution in [2.45, 2.75) is 6.61 Å². The van der Waals surface area contributed by atoms with Crippen LogP contribution in [0, 0.1) is 11.6 Å². The number of ether oxygens (including phenoxy) is 1. The summed E-state index contributed by atoms with van der Waals surface area (Å²) in [5, 5.41) is 4.62. The van der Waals surface area contributed by atoms with Crippen molar-refractivity contribution in [3.8, 4) is 16.9 Å². The molecule has 3 aromatic carbocycles. The molecule has 0 amide bonds. The Labute approximate surface area is 178 Å². The summed E-state index contributed by atoms with van der Waals surface area (Å²) in [5.41, 5.74) is 3.53. The van der Waals surface area contributed by atoms with Crippen LogP contribution in [0.3, 0.4) is 0 Å². The second kappa shape index (κ2) is 9.17. The van der Waals surface area contributed by atoms with Crippen LogP contribution < -0.4 is 0 Å². The Morgan fingerprint density at radius 2 is 1.55 bits per heavy atom. The fraction of sp³-hybridized carbons (Fsp3) is 0.0400. The van der Waals surface area contributed by atoms with E-state index in [2.05, 4.69) is 5.10 Å². The highest BCUT2D eigenvalue weighted by Crippen LogP contribution is 2.25. The smallest absolute Gasteiger partial charge is 0.331 e. The number of carbonyl (C=O) groups is 1. The maximum absolute atomic E-state index is 13.4. The monoisotopic (exact) mass is 416 g/mol. The molecule has 4 aromatic rings. The van der Waals surface area contributed by atoms with E-state index < -0.39 is 5.97 Å². The average Bonchev–Trinajstić information content (AvgIpc) is 3.23. The molecule has 0 aliphatic heterocycles. The first-order valence-electron chi connectivity index (χ1n) is 9.59. The normalized spacial score (nSPS) is 11.0. The first-order valence-corrected chi connectivity index (χ1v) is 9.59. The minimum Gasteiger partial charge on any atom is -0.458 e. The van der Waals surface area contributed by atoms with Crippen molar-refractivity contribution >= 4 is 12.0 Å². The van der Waals surface area contributed by atoms with Gasteiger partial charge in [0.25, 0.3) is 0 Å². The van der Waals surface area contributed by atoms with Crippen LogP contribution in [0.15, 0.2) is 91.1 Å². The van der Waals surface area contributed by atoms with E-state index in [-0.39, 0.29) is 18.2 Å². The van der Waals surface area contributed by atoms with Crippen molar-refractivity contribution in [1.29, 1.82) is 0 Å². The Morgan fingerprint density at radius 1 is 0.903 bits per heavy atom. The van der Waals surface area contributed by atoms with E-state index in [0.29, 0.717) is 16.8 Å². The van der Waals surface area contributed by atoms with Crippen molar-refractivity contribution in [2.75, 3.05) is 0 Å². The number of esters is 1. The molecule has 1 heterocycles. The van der Waals surface area contributed by atoms with E-state index in [1.54, 1.807) is 41.2 Å². The fourth-order valence-corrected chi connectivity index (χ4v) is 3.00. The van der Waals surface area contributed by atoms with E-state index in [0.717, 1.165) is 11.3 Å². The minimum absolute atomic E-state index is 0.0392. The third kappa shape index (κ3) is 5.11. The third-order valence-electron chi connectivity index (χ3n) is 4.57. The van der Waals surface area contributed by atoms with Gasteiger partial charge in [-0.05, 0) is 60.2 Å². The number of para-hydroxylation sites is 1. The molecule has 0 radical (unpaired) electrons. The Balaban J connectivity index is 1.56. The molecule has 4 nitrogen and oxygen atoms in total. The van der Waals surface area contributed by atoms with Gasteiger partial charge in [-0.3, -0.25) is 0 Å². The molecule has 0 bridgehead atoms. The lowest BCUT2D eigenvalue weighted by atomic mass is 10.1. The van der Waals surface area contributed by atoms with Crippen molar-refractivity contribution < 1.29 is 18.3 Å². The Hall–Kier alpha value is -4.06. The molecule has 0 saturated heterocycles. The number of hydrogen-bond acceptors (Lipinski definition) is 3. The van der Waals surface area contributed by atoms with Gasteiger partial charge in [0.05, 0.1) is 11.4 Å². The molecule has 0 fully saturated rings. The number of benzene rings is 3. The molecule has 0 aliphatic carbocycles. The third-order valence-corrected chi connectivity index (χ3v) is 4.57. The maximum atomic E-state index is 13.4. The number of nitrogens with zero attached hydrogens (tertiary/aromatic N) is 2. The summed E-state index contributed by atoms with van der Waals surface area (Å²) in [6.07, 6.45) is 4.71. The van der Waals surface area contributed by atoms with Crippen LogP contribution >= 0.6 is 0 Å². The van der Waals surface area contributed by atoms with Crippen LogP contribution in [0.2, 0.25) is 0 Å². The van der Waals surface area contributed by atoms with E-state index >= 15 is 0 Å². The van der Waals surface area contributed by atoms with Gasteiger partial charge in [0.1, 0.15) is 18.2 Å². The second-order valence-corrected chi connectivity index (χ2v) is 6.79. The standard InChI is InChI=1S/C25H18F2N2O2/c26-21-11-6-18(7-12-21)17-31-24(30)15-10-20-16-29(23-4-2-1-3-5-23)28-25(20)19-8-13-22(27)14-9-19/h1-16H,17H2/b15-10+. The predicted octanol–water partition coefficient (Wildman–Crippen LogP) is 5.57. The highest BCUT2D eigenvalue weighted by atomic mass is 19.1. The van der Waals surface area contributed by atoms with Crippen LogP contribution in [0.25, 0.3) is 23.0 Å². The second-order valence-electron chi connectivity index (χ2n) is 6.79. The Morgan fingerprint density at radius 3 is 2.23 bits per heavy atom. The lowest BCUT2D eigenvalue weighted by Crippen LogP contribution is -2.00. The molecule has 0 aliphatic rings. The zero-order valence-corrected chi connectivity index (χ0v) is 16.4. The van der Waals surface area contributed by atoms with Crippen molar-refractivity contribution in [1.82, 2.24) is 9.78 Å². The van der Waals surface area contributed by atoms with Gasteiger partial charge in [0, 0.05) is 23.4 Å². The Kier molecular flexibility index (Phi) is 5.98. The van der Waals surface area contributed by atoms with Crippen LogP contribution in [-0.2, 0) is 16.1 Å². The van der Waals surface area contributed by atoms with Crippen LogP contribution in [0.4, 0.5) is 8.78 Å². The molecule has 0 spiro atoms. The van der Waals surface area contributed by atoms with Gasteiger partial charge in [-0.1, -0.05) is 30.3 Å². The topological polar surface area (TPSA) is 44.1 Å². The van der Waals surface area contributed by atoms with E-state index in [4.69, 9.17) is 4.74 Å². The lowest BCUT2D eigenvalue weighted by Gasteiger charge is -2.02. The summed E-state index contributed by atoms with van der Waals surface area (Å²) in [4.78, 5) is 12.2. The summed E-state index contributed by atoms with van der Waals surface area (Å²) >= 11 is 0. The maximum Gasteiger partial charge on any atom is 0.331 e. The number of aromatic nitrogens is 2. The molecular weight excluding hydrogens is 398 g/mol. The van der Waals surface area contributed by atoms with E-state index in [1.165, 1.54) is 30.3 Å². The summed E-state index contributed by atoms with van der Waals surface area (Å²) in [6, 6.07) is 21.3. The molecule has 0 unspecified atom stereocenters. The quantitative estimate of drug-likeness (QED) is 0.305. The molecule has 0 N–H and O–H groups in total. The number of hydrogen-bond donors (Lipinski definition) is 0. The molecule has 31 heavy (non-hydrogen) atoms. The van der Waals surface area contributed by atoms with Crippen molar-refractivity contribution in [3.63, 3.8) is 0 Å². The van der Waals surface area contributed by atoms with E-state index in [1.807, 2.05) is 30.3 Å². The molecule has 154 valence electrons. The average molecular weight is 416 g/mol. The summed E-state index contributed by atoms with van der Waals surface area (Å²) < 4.78 is 33.2. The van der Waals surface area contributed by atoms with Gasteiger partial charge in [0.15, 0.2) is 0 Å². The minimum atomic E-state index is -0.540. The molecule has 1 aromatic heterocycles. The molecule has 4 rings (SSSR count). The summed E-state index contributed by atoms with van der Waals surface area (Å²) in [6.45, 7) is 0.0392. The first kappa shape index (κ1) is 20.2. The number of halogens is 2. The summed E-state index contributed by atoms with van der Waals surface area (Å²) in [5.74, 6) is -1.23. The molecular formula is C25H18F2N2O2. The first-order chi connectivity index (χ1) is 15.1. The SMILES string of the molecule is O=C(/C=C/c1cn(-c2ccccc2)nc1-c1ccc(F)cc1)OCc1ccc(F)cc1.